The van der Waals surface area contributed by atoms with Crippen LogP contribution < -0.4 is 0 Å². The lowest BCUT2D eigenvalue weighted by molar-refractivity contribution is 0.284. The SMILES string of the molecule is CCN(CC)/C(C)=C/P(=O)(OC)OC. The minimum absolute atomic E-state index is 0.881. The van der Waals surface area contributed by atoms with Crippen LogP contribution in [0.1, 0.15) is 20.8 Å². The van der Waals surface area contributed by atoms with Crippen molar-refractivity contribution in [3.63, 3.8) is 0 Å². The first kappa shape index (κ1) is 13.7. The third-order valence-corrected chi connectivity index (χ3v) is 3.82. The highest BCUT2D eigenvalue weighted by molar-refractivity contribution is 7.57. The predicted octanol–water partition coefficient (Wildman–Crippen LogP) is 2.68. The van der Waals surface area contributed by atoms with Crippen LogP contribution in [0.25, 0.3) is 0 Å². The Balaban J connectivity index is 4.71. The largest absolute Gasteiger partial charge is 0.375 e. The van der Waals surface area contributed by atoms with E-state index in [-0.39, 0.29) is 0 Å². The average molecular weight is 221 g/mol. The summed E-state index contributed by atoms with van der Waals surface area (Å²) in [6, 6.07) is 0. The van der Waals surface area contributed by atoms with E-state index in [0.717, 1.165) is 18.8 Å². The number of allylic oxidation sites excluding steroid dienone is 1. The van der Waals surface area contributed by atoms with Crippen molar-refractivity contribution >= 4 is 7.60 Å². The molecule has 0 N–H and O–H groups in total. The van der Waals surface area contributed by atoms with Gasteiger partial charge in [0.25, 0.3) is 0 Å². The van der Waals surface area contributed by atoms with Gasteiger partial charge in [0.1, 0.15) is 0 Å². The third kappa shape index (κ3) is 3.82. The molecule has 4 nitrogen and oxygen atoms in total. The normalized spacial score (nSPS) is 13.1. The minimum Gasteiger partial charge on any atom is -0.375 e. The average Bonchev–Trinajstić information content (AvgIpc) is 2.19. The highest BCUT2D eigenvalue weighted by atomic mass is 31.2. The number of hydrogen-bond acceptors (Lipinski definition) is 4. The molecule has 0 saturated heterocycles. The molecule has 0 aromatic rings. The van der Waals surface area contributed by atoms with Gasteiger partial charge in [0, 0.05) is 38.8 Å². The van der Waals surface area contributed by atoms with Crippen molar-refractivity contribution in [2.45, 2.75) is 20.8 Å². The summed E-state index contributed by atoms with van der Waals surface area (Å²) in [5, 5.41) is 0. The van der Waals surface area contributed by atoms with Gasteiger partial charge in [-0.3, -0.25) is 4.57 Å². The van der Waals surface area contributed by atoms with E-state index < -0.39 is 7.60 Å². The standard InChI is InChI=1S/C9H20NO3P/c1-6-10(7-2)9(3)8-14(11,12-4)13-5/h8H,6-7H2,1-5H3/b9-8+. The Bertz CT molecular complexity index is 228. The van der Waals surface area contributed by atoms with Gasteiger partial charge in [0.15, 0.2) is 0 Å². The summed E-state index contributed by atoms with van der Waals surface area (Å²) < 4.78 is 21.4. The molecule has 5 heteroatoms. The van der Waals surface area contributed by atoms with Crippen molar-refractivity contribution in [2.75, 3.05) is 27.3 Å². The van der Waals surface area contributed by atoms with E-state index in [1.54, 1.807) is 5.82 Å². The second kappa shape index (κ2) is 6.23. The molecule has 14 heavy (non-hydrogen) atoms. The maximum absolute atomic E-state index is 11.7. The van der Waals surface area contributed by atoms with E-state index in [1.165, 1.54) is 14.2 Å². The monoisotopic (exact) mass is 221 g/mol. The summed E-state index contributed by atoms with van der Waals surface area (Å²) >= 11 is 0. The fourth-order valence-electron chi connectivity index (χ4n) is 1.21. The molecule has 0 radical (unpaired) electrons. The van der Waals surface area contributed by atoms with Gasteiger partial charge in [0.2, 0.25) is 0 Å². The van der Waals surface area contributed by atoms with Crippen LogP contribution in [0, 0.1) is 0 Å². The lowest BCUT2D eigenvalue weighted by Gasteiger charge is -2.22. The van der Waals surface area contributed by atoms with E-state index in [2.05, 4.69) is 4.90 Å². The first-order chi connectivity index (χ1) is 6.52. The maximum atomic E-state index is 11.7. The Morgan fingerprint density at radius 2 is 1.71 bits per heavy atom. The fraction of sp³-hybridized carbons (Fsp3) is 0.778. The van der Waals surface area contributed by atoms with Crippen molar-refractivity contribution in [1.29, 1.82) is 0 Å². The van der Waals surface area contributed by atoms with Gasteiger partial charge in [-0.15, -0.1) is 0 Å². The topological polar surface area (TPSA) is 38.8 Å². The van der Waals surface area contributed by atoms with E-state index in [0.29, 0.717) is 0 Å². The molecule has 0 fully saturated rings. The van der Waals surface area contributed by atoms with E-state index in [9.17, 15) is 4.57 Å². The molecule has 0 bridgehead atoms. The molecule has 0 heterocycles. The van der Waals surface area contributed by atoms with E-state index in [1.807, 2.05) is 20.8 Å². The van der Waals surface area contributed by atoms with Gasteiger partial charge in [0.05, 0.1) is 0 Å². The molecule has 0 saturated carbocycles. The molecule has 0 aliphatic rings. The number of rotatable bonds is 6. The summed E-state index contributed by atoms with van der Waals surface area (Å²) in [4.78, 5) is 2.09. The summed E-state index contributed by atoms with van der Waals surface area (Å²) in [5.41, 5.74) is 0.919. The highest BCUT2D eigenvalue weighted by Gasteiger charge is 2.18. The van der Waals surface area contributed by atoms with Crippen LogP contribution in [0.4, 0.5) is 0 Å². The lowest BCUT2D eigenvalue weighted by atomic mass is 10.4. The maximum Gasteiger partial charge on any atom is 0.355 e. The van der Waals surface area contributed by atoms with Crippen molar-refractivity contribution in [1.82, 2.24) is 4.90 Å². The third-order valence-electron chi connectivity index (χ3n) is 2.12. The van der Waals surface area contributed by atoms with E-state index in [4.69, 9.17) is 9.05 Å². The summed E-state index contributed by atoms with van der Waals surface area (Å²) in [6.07, 6.45) is 0. The van der Waals surface area contributed by atoms with Gasteiger partial charge in [-0.2, -0.15) is 0 Å². The summed E-state index contributed by atoms with van der Waals surface area (Å²) in [5.74, 6) is 1.56. The lowest BCUT2D eigenvalue weighted by Crippen LogP contribution is -2.20. The zero-order valence-corrected chi connectivity index (χ0v) is 10.5. The van der Waals surface area contributed by atoms with Gasteiger partial charge in [-0.05, 0) is 20.8 Å². The molecule has 0 aliphatic heterocycles. The zero-order valence-electron chi connectivity index (χ0n) is 9.61. The molecule has 84 valence electrons. The van der Waals surface area contributed by atoms with Crippen molar-refractivity contribution in [3.8, 4) is 0 Å². The highest BCUT2D eigenvalue weighted by Crippen LogP contribution is 2.49. The van der Waals surface area contributed by atoms with Crippen LogP contribution in [0.3, 0.4) is 0 Å². The second-order valence-corrected chi connectivity index (χ2v) is 4.92. The van der Waals surface area contributed by atoms with Crippen LogP contribution in [-0.4, -0.2) is 32.2 Å². The van der Waals surface area contributed by atoms with Gasteiger partial charge >= 0.3 is 7.60 Å². The molecule has 0 rings (SSSR count). The first-order valence-electron chi connectivity index (χ1n) is 4.68. The van der Waals surface area contributed by atoms with Gasteiger partial charge in [-0.1, -0.05) is 0 Å². The molecule has 0 aliphatic carbocycles. The van der Waals surface area contributed by atoms with Gasteiger partial charge < -0.3 is 13.9 Å². The Morgan fingerprint density at radius 3 is 2.00 bits per heavy atom. The second-order valence-electron chi connectivity index (χ2n) is 2.85. The molecule has 0 aromatic carbocycles. The molecular formula is C9H20NO3P. The Morgan fingerprint density at radius 1 is 1.29 bits per heavy atom. The van der Waals surface area contributed by atoms with Crippen molar-refractivity contribution in [3.05, 3.63) is 11.5 Å². The van der Waals surface area contributed by atoms with Crippen LogP contribution in [0.15, 0.2) is 11.5 Å². The number of nitrogens with zero attached hydrogens (tertiary/aromatic N) is 1. The molecule has 0 spiro atoms. The molecule has 0 unspecified atom stereocenters. The molecule has 0 aromatic heterocycles. The first-order valence-corrected chi connectivity index (χ1v) is 6.29. The Labute approximate surface area is 86.4 Å². The Hall–Kier alpha value is -0.310. The van der Waals surface area contributed by atoms with Crippen LogP contribution in [0.5, 0.6) is 0 Å². The molecular weight excluding hydrogens is 201 g/mol. The van der Waals surface area contributed by atoms with Crippen molar-refractivity contribution in [2.24, 2.45) is 0 Å². The fourth-order valence-corrected chi connectivity index (χ4v) is 2.19. The quantitative estimate of drug-likeness (QED) is 0.646. The summed E-state index contributed by atoms with van der Waals surface area (Å²) in [7, 11) is -0.251. The Kier molecular flexibility index (Phi) is 6.09. The van der Waals surface area contributed by atoms with Crippen molar-refractivity contribution < 1.29 is 13.6 Å². The van der Waals surface area contributed by atoms with E-state index >= 15 is 0 Å². The predicted molar refractivity (Wildman–Crippen MR) is 58.3 cm³/mol. The number of hydrogen-bond donors (Lipinski definition) is 0. The molecule has 0 amide bonds. The summed E-state index contributed by atoms with van der Waals surface area (Å²) in [6.45, 7) is 7.76. The van der Waals surface area contributed by atoms with Crippen LogP contribution in [-0.2, 0) is 13.6 Å². The zero-order chi connectivity index (χ0) is 11.2. The smallest absolute Gasteiger partial charge is 0.355 e. The van der Waals surface area contributed by atoms with Crippen LogP contribution >= 0.6 is 7.60 Å². The molecule has 0 atom stereocenters. The van der Waals surface area contributed by atoms with Crippen LogP contribution in [0.2, 0.25) is 0 Å². The van der Waals surface area contributed by atoms with Gasteiger partial charge in [-0.25, -0.2) is 0 Å². The minimum atomic E-state index is -3.02.